The molecular formula is C26H28N6O3S3. The summed E-state index contributed by atoms with van der Waals surface area (Å²) in [6.45, 7) is 6.39. The van der Waals surface area contributed by atoms with Gasteiger partial charge in [-0.25, -0.2) is 10.4 Å². The number of ether oxygens (including phenoxy) is 1. The lowest BCUT2D eigenvalue weighted by molar-refractivity contribution is -0.119. The predicted molar refractivity (Wildman–Crippen MR) is 154 cm³/mol. The summed E-state index contributed by atoms with van der Waals surface area (Å²) in [7, 11) is 0. The molecule has 0 aliphatic carbocycles. The number of amides is 1. The molecule has 1 fully saturated rings. The van der Waals surface area contributed by atoms with Crippen LogP contribution in [0, 0.1) is 10.9 Å². The van der Waals surface area contributed by atoms with Crippen molar-refractivity contribution in [3.63, 3.8) is 0 Å². The molecule has 2 aromatic heterocycles. The van der Waals surface area contributed by atoms with E-state index in [9.17, 15) is 9.59 Å². The third-order valence-corrected chi connectivity index (χ3v) is 8.39. The topological polar surface area (TPSA) is 102 Å². The molecule has 0 bridgehead atoms. The van der Waals surface area contributed by atoms with Crippen LogP contribution in [0.5, 0.6) is 5.75 Å². The number of hydrogen-bond acceptors (Lipinski definition) is 9. The summed E-state index contributed by atoms with van der Waals surface area (Å²) in [6, 6.07) is 15.4. The zero-order chi connectivity index (χ0) is 26.8. The van der Waals surface area contributed by atoms with E-state index < -0.39 is 0 Å². The number of benzene rings is 2. The average Bonchev–Trinajstić information content (AvgIpc) is 3.46. The Bertz CT molecular complexity index is 1610. The molecule has 198 valence electrons. The first-order chi connectivity index (χ1) is 18.4. The van der Waals surface area contributed by atoms with Crippen molar-refractivity contribution < 1.29 is 9.53 Å². The van der Waals surface area contributed by atoms with Crippen molar-refractivity contribution >= 4 is 51.6 Å². The number of para-hydroxylation sites is 3. The summed E-state index contributed by atoms with van der Waals surface area (Å²) in [6.07, 6.45) is 0.633. The highest BCUT2D eigenvalue weighted by atomic mass is 32.2. The van der Waals surface area contributed by atoms with E-state index in [4.69, 9.17) is 21.9 Å². The molecule has 3 N–H and O–H groups in total. The van der Waals surface area contributed by atoms with E-state index >= 15 is 0 Å². The molecule has 3 heterocycles. The van der Waals surface area contributed by atoms with E-state index in [0.717, 1.165) is 12.0 Å². The van der Waals surface area contributed by atoms with E-state index in [-0.39, 0.29) is 29.4 Å². The minimum Gasteiger partial charge on any atom is -0.492 e. The summed E-state index contributed by atoms with van der Waals surface area (Å²) in [5, 5.41) is 3.39. The summed E-state index contributed by atoms with van der Waals surface area (Å²) >= 11 is 8.15. The maximum atomic E-state index is 14.0. The molecule has 12 heteroatoms. The van der Waals surface area contributed by atoms with E-state index in [1.807, 2.05) is 69.3 Å². The van der Waals surface area contributed by atoms with Crippen molar-refractivity contribution in [3.8, 4) is 17.1 Å². The van der Waals surface area contributed by atoms with Gasteiger partial charge in [0.15, 0.2) is 14.8 Å². The highest BCUT2D eigenvalue weighted by Gasteiger charge is 2.24. The Morgan fingerprint density at radius 2 is 1.92 bits per heavy atom. The Morgan fingerprint density at radius 3 is 2.63 bits per heavy atom. The van der Waals surface area contributed by atoms with Crippen molar-refractivity contribution in [2.75, 3.05) is 12.4 Å². The molecule has 2 unspecified atom stereocenters. The largest absolute Gasteiger partial charge is 0.492 e. The molecule has 9 nitrogen and oxygen atoms in total. The average molecular weight is 569 g/mol. The standard InChI is InChI=1S/C26H28N6O3S3/c1-4-35-19-12-8-7-11-18(19)31-23-22(38-26(31)36)24(34)32(17-10-6-5-9-15(17)2)25(28-23)37-14-21(33)27-20-13-16(3)29-30-20/h5-12,16,20,29-30H,4,13-14H2,1-3H3,(H,27,33). The van der Waals surface area contributed by atoms with Gasteiger partial charge in [0, 0.05) is 6.04 Å². The van der Waals surface area contributed by atoms with E-state index in [2.05, 4.69) is 16.2 Å². The Balaban J connectivity index is 1.62. The van der Waals surface area contributed by atoms with Gasteiger partial charge < -0.3 is 10.1 Å². The maximum Gasteiger partial charge on any atom is 0.278 e. The summed E-state index contributed by atoms with van der Waals surface area (Å²) in [5.41, 5.74) is 8.73. The number of carbonyl (C=O) groups excluding carboxylic acids is 1. The Hall–Kier alpha value is -3.03. The van der Waals surface area contributed by atoms with Gasteiger partial charge in [0.25, 0.3) is 5.56 Å². The normalized spacial score (nSPS) is 17.1. The number of nitrogens with zero attached hydrogens (tertiary/aromatic N) is 3. The first-order valence-electron chi connectivity index (χ1n) is 12.3. The number of thioether (sulfide) groups is 1. The lowest BCUT2D eigenvalue weighted by atomic mass is 10.2. The van der Waals surface area contributed by atoms with Crippen molar-refractivity contribution in [1.82, 2.24) is 30.3 Å². The van der Waals surface area contributed by atoms with Gasteiger partial charge in [0.05, 0.1) is 29.9 Å². The van der Waals surface area contributed by atoms with Crippen LogP contribution in [-0.2, 0) is 4.79 Å². The van der Waals surface area contributed by atoms with Gasteiger partial charge in [0.2, 0.25) is 5.91 Å². The second kappa shape index (κ2) is 11.4. The molecule has 2 aromatic carbocycles. The molecule has 0 spiro atoms. The molecular weight excluding hydrogens is 541 g/mol. The fourth-order valence-electron chi connectivity index (χ4n) is 4.37. The minimum atomic E-state index is -0.230. The van der Waals surface area contributed by atoms with Gasteiger partial charge in [-0.15, -0.1) is 0 Å². The number of aromatic nitrogens is 3. The van der Waals surface area contributed by atoms with E-state index in [1.54, 1.807) is 9.13 Å². The summed E-state index contributed by atoms with van der Waals surface area (Å²) in [5.74, 6) is 0.589. The van der Waals surface area contributed by atoms with Crippen molar-refractivity contribution in [1.29, 1.82) is 0 Å². The van der Waals surface area contributed by atoms with E-state index in [1.165, 1.54) is 23.1 Å². The van der Waals surface area contributed by atoms with Crippen molar-refractivity contribution in [2.45, 2.75) is 44.6 Å². The molecule has 38 heavy (non-hydrogen) atoms. The lowest BCUT2D eigenvalue weighted by Crippen LogP contribution is -2.45. The molecule has 1 aliphatic heterocycles. The molecule has 1 aliphatic rings. The van der Waals surface area contributed by atoms with Gasteiger partial charge in [-0.2, -0.15) is 0 Å². The second-order valence-electron chi connectivity index (χ2n) is 8.91. The SMILES string of the molecule is CCOc1ccccc1-n1c(=S)sc2c(=O)n(-c3ccccc3C)c(SCC(=O)NC3CC(C)NN3)nc21. The molecule has 1 saturated heterocycles. The minimum absolute atomic E-state index is 0.0940. The molecule has 2 atom stereocenters. The fourth-order valence-corrected chi connectivity index (χ4v) is 6.46. The Kier molecular flexibility index (Phi) is 7.96. The van der Waals surface area contributed by atoms with Gasteiger partial charge in [-0.3, -0.25) is 24.1 Å². The van der Waals surface area contributed by atoms with Crippen LogP contribution >= 0.6 is 35.3 Å². The Morgan fingerprint density at radius 1 is 1.18 bits per heavy atom. The number of thiazole rings is 1. The first-order valence-corrected chi connectivity index (χ1v) is 14.5. The number of nitrogens with one attached hydrogen (secondary N) is 3. The molecule has 1 amide bonds. The lowest BCUT2D eigenvalue weighted by Gasteiger charge is -2.16. The van der Waals surface area contributed by atoms with Crippen LogP contribution in [0.15, 0.2) is 58.5 Å². The quantitative estimate of drug-likeness (QED) is 0.166. The van der Waals surface area contributed by atoms with Gasteiger partial charge in [0.1, 0.15) is 10.4 Å². The zero-order valence-electron chi connectivity index (χ0n) is 21.2. The number of aryl methyl sites for hydroxylation is 1. The number of carbonyl (C=O) groups is 1. The second-order valence-corrected chi connectivity index (χ2v) is 11.5. The summed E-state index contributed by atoms with van der Waals surface area (Å²) < 4.78 is 10.1. The van der Waals surface area contributed by atoms with Gasteiger partial charge >= 0.3 is 0 Å². The Labute approximate surface area is 233 Å². The molecule has 0 saturated carbocycles. The van der Waals surface area contributed by atoms with Gasteiger partial charge in [-0.1, -0.05) is 53.4 Å². The zero-order valence-corrected chi connectivity index (χ0v) is 23.6. The van der Waals surface area contributed by atoms with Crippen LogP contribution in [0.3, 0.4) is 0 Å². The first kappa shape index (κ1) is 26.6. The molecule has 5 rings (SSSR count). The van der Waals surface area contributed by atoms with Crippen LogP contribution in [-0.4, -0.2) is 44.6 Å². The van der Waals surface area contributed by atoms with Crippen LogP contribution in [0.4, 0.5) is 0 Å². The maximum absolute atomic E-state index is 14.0. The van der Waals surface area contributed by atoms with Gasteiger partial charge in [-0.05, 0) is 63.2 Å². The highest BCUT2D eigenvalue weighted by molar-refractivity contribution is 7.99. The van der Waals surface area contributed by atoms with Crippen molar-refractivity contribution in [3.05, 3.63) is 68.4 Å². The monoisotopic (exact) mass is 568 g/mol. The number of fused-ring (bicyclic) bond motifs is 1. The number of rotatable bonds is 8. The van der Waals surface area contributed by atoms with Crippen LogP contribution < -0.4 is 26.5 Å². The van der Waals surface area contributed by atoms with Crippen LogP contribution in [0.2, 0.25) is 0 Å². The van der Waals surface area contributed by atoms with E-state index in [0.29, 0.717) is 43.2 Å². The smallest absolute Gasteiger partial charge is 0.278 e. The van der Waals surface area contributed by atoms with Crippen molar-refractivity contribution in [2.24, 2.45) is 0 Å². The third kappa shape index (κ3) is 5.27. The fraction of sp³-hybridized carbons (Fsp3) is 0.308. The van der Waals surface area contributed by atoms with Crippen LogP contribution in [0.25, 0.3) is 21.7 Å². The highest BCUT2D eigenvalue weighted by Crippen LogP contribution is 2.31. The number of hydrazine groups is 1. The van der Waals surface area contributed by atoms with Crippen LogP contribution in [0.1, 0.15) is 25.8 Å². The predicted octanol–water partition coefficient (Wildman–Crippen LogP) is 4.10. The third-order valence-electron chi connectivity index (χ3n) is 6.10. The molecule has 4 aromatic rings. The number of hydrogen-bond donors (Lipinski definition) is 3. The molecule has 0 radical (unpaired) electrons. The summed E-state index contributed by atoms with van der Waals surface area (Å²) in [4.78, 5) is 31.7.